The molecule has 0 aliphatic carbocycles. The van der Waals surface area contributed by atoms with Crippen molar-refractivity contribution in [3.63, 3.8) is 0 Å². The molecule has 1 unspecified atom stereocenters. The maximum atomic E-state index is 11.7. The second-order valence-electron chi connectivity index (χ2n) is 4.94. The molecule has 0 saturated heterocycles. The number of anilines is 1. The van der Waals surface area contributed by atoms with Crippen LogP contribution in [0.1, 0.15) is 20.3 Å². The minimum Gasteiger partial charge on any atom is -0.484 e. The van der Waals surface area contributed by atoms with E-state index in [0.717, 1.165) is 0 Å². The van der Waals surface area contributed by atoms with Crippen LogP contribution in [-0.2, 0) is 9.59 Å². The SMILES string of the molecule is CC(C)C(N)CC(=O)Nc1ccc(OCC(N)=O)cc1. The molecule has 0 saturated carbocycles. The highest BCUT2D eigenvalue weighted by molar-refractivity contribution is 5.91. The van der Waals surface area contributed by atoms with Crippen LogP contribution < -0.4 is 21.5 Å². The summed E-state index contributed by atoms with van der Waals surface area (Å²) in [6.45, 7) is 3.78. The van der Waals surface area contributed by atoms with Gasteiger partial charge in [0.15, 0.2) is 6.61 Å². The summed E-state index contributed by atoms with van der Waals surface area (Å²) in [5.74, 6) is 0.105. The van der Waals surface area contributed by atoms with E-state index < -0.39 is 5.91 Å². The second kappa shape index (κ2) is 7.49. The quantitative estimate of drug-likeness (QED) is 0.688. The minimum absolute atomic E-state index is 0.128. The molecule has 1 aromatic rings. The fourth-order valence-corrected chi connectivity index (χ4v) is 1.45. The largest absolute Gasteiger partial charge is 0.484 e. The number of amides is 2. The van der Waals surface area contributed by atoms with Gasteiger partial charge in [-0.2, -0.15) is 0 Å². The lowest BCUT2D eigenvalue weighted by Gasteiger charge is -2.15. The number of rotatable bonds is 7. The molecule has 0 bridgehead atoms. The van der Waals surface area contributed by atoms with Crippen molar-refractivity contribution in [2.24, 2.45) is 17.4 Å². The maximum absolute atomic E-state index is 11.7. The number of carbonyl (C=O) groups is 2. The van der Waals surface area contributed by atoms with Crippen molar-refractivity contribution < 1.29 is 14.3 Å². The van der Waals surface area contributed by atoms with Gasteiger partial charge in [-0.15, -0.1) is 0 Å². The van der Waals surface area contributed by atoms with E-state index in [1.54, 1.807) is 24.3 Å². The lowest BCUT2D eigenvalue weighted by Crippen LogP contribution is -2.31. The predicted molar refractivity (Wildman–Crippen MR) is 77.2 cm³/mol. The smallest absolute Gasteiger partial charge is 0.255 e. The predicted octanol–water partition coefficient (Wildman–Crippen LogP) is 0.863. The van der Waals surface area contributed by atoms with Crippen LogP contribution in [0.25, 0.3) is 0 Å². The van der Waals surface area contributed by atoms with Gasteiger partial charge in [0, 0.05) is 18.2 Å². The molecule has 1 rings (SSSR count). The van der Waals surface area contributed by atoms with Crippen LogP contribution in [0.5, 0.6) is 5.75 Å². The van der Waals surface area contributed by atoms with E-state index in [1.165, 1.54) is 0 Å². The van der Waals surface area contributed by atoms with Crippen molar-refractivity contribution in [3.05, 3.63) is 24.3 Å². The third kappa shape index (κ3) is 5.71. The van der Waals surface area contributed by atoms with Gasteiger partial charge in [-0.1, -0.05) is 13.8 Å². The summed E-state index contributed by atoms with van der Waals surface area (Å²) in [6, 6.07) is 6.53. The molecule has 20 heavy (non-hydrogen) atoms. The summed E-state index contributed by atoms with van der Waals surface area (Å²) in [5, 5.41) is 2.75. The first-order valence-corrected chi connectivity index (χ1v) is 6.45. The summed E-state index contributed by atoms with van der Waals surface area (Å²) in [4.78, 5) is 22.3. The van der Waals surface area contributed by atoms with Crippen molar-refractivity contribution in [1.82, 2.24) is 0 Å². The van der Waals surface area contributed by atoms with E-state index in [0.29, 0.717) is 11.4 Å². The Balaban J connectivity index is 2.48. The van der Waals surface area contributed by atoms with Gasteiger partial charge in [-0.3, -0.25) is 9.59 Å². The van der Waals surface area contributed by atoms with Crippen LogP contribution in [0.15, 0.2) is 24.3 Å². The van der Waals surface area contributed by atoms with Gasteiger partial charge in [-0.05, 0) is 30.2 Å². The third-order valence-electron chi connectivity index (χ3n) is 2.80. The molecule has 110 valence electrons. The first-order valence-electron chi connectivity index (χ1n) is 6.45. The molecule has 1 atom stereocenters. The third-order valence-corrected chi connectivity index (χ3v) is 2.80. The van der Waals surface area contributed by atoms with Crippen LogP contribution in [-0.4, -0.2) is 24.5 Å². The van der Waals surface area contributed by atoms with Crippen LogP contribution in [0, 0.1) is 5.92 Å². The first-order chi connectivity index (χ1) is 9.38. The minimum atomic E-state index is -0.537. The van der Waals surface area contributed by atoms with Crippen molar-refractivity contribution in [1.29, 1.82) is 0 Å². The second-order valence-corrected chi connectivity index (χ2v) is 4.94. The van der Waals surface area contributed by atoms with E-state index in [1.807, 2.05) is 13.8 Å². The van der Waals surface area contributed by atoms with Gasteiger partial charge >= 0.3 is 0 Å². The Morgan fingerprint density at radius 2 is 1.85 bits per heavy atom. The number of primary amides is 1. The molecule has 1 aromatic carbocycles. The summed E-state index contributed by atoms with van der Waals surface area (Å²) >= 11 is 0. The van der Waals surface area contributed by atoms with Crippen molar-refractivity contribution in [2.75, 3.05) is 11.9 Å². The molecule has 0 spiro atoms. The van der Waals surface area contributed by atoms with E-state index >= 15 is 0 Å². The Labute approximate surface area is 118 Å². The molecule has 6 heteroatoms. The molecular formula is C14H21N3O3. The lowest BCUT2D eigenvalue weighted by molar-refractivity contribution is -0.120. The fourth-order valence-electron chi connectivity index (χ4n) is 1.45. The highest BCUT2D eigenvalue weighted by Gasteiger charge is 2.12. The van der Waals surface area contributed by atoms with Gasteiger partial charge in [0.2, 0.25) is 5.91 Å². The number of nitrogens with two attached hydrogens (primary N) is 2. The van der Waals surface area contributed by atoms with Crippen molar-refractivity contribution in [3.8, 4) is 5.75 Å². The Hall–Kier alpha value is -2.08. The van der Waals surface area contributed by atoms with Gasteiger partial charge in [-0.25, -0.2) is 0 Å². The maximum Gasteiger partial charge on any atom is 0.255 e. The van der Waals surface area contributed by atoms with Crippen LogP contribution in [0.3, 0.4) is 0 Å². The molecule has 0 radical (unpaired) electrons. The number of nitrogens with one attached hydrogen (secondary N) is 1. The molecule has 0 aliphatic heterocycles. The van der Waals surface area contributed by atoms with Gasteiger partial charge in [0.25, 0.3) is 5.91 Å². The Morgan fingerprint density at radius 1 is 1.25 bits per heavy atom. The van der Waals surface area contributed by atoms with Gasteiger partial charge in [0.05, 0.1) is 0 Å². The molecule has 5 N–H and O–H groups in total. The molecule has 0 aromatic heterocycles. The van der Waals surface area contributed by atoms with Crippen molar-refractivity contribution >= 4 is 17.5 Å². The van der Waals surface area contributed by atoms with Crippen LogP contribution >= 0.6 is 0 Å². The normalized spacial score (nSPS) is 12.0. The standard InChI is InChI=1S/C14H21N3O3/c1-9(2)12(15)7-14(19)17-10-3-5-11(6-4-10)20-8-13(16)18/h3-6,9,12H,7-8,15H2,1-2H3,(H2,16,18)(H,17,19). The zero-order valence-electron chi connectivity index (χ0n) is 11.8. The summed E-state index contributed by atoms with van der Waals surface area (Å²) < 4.78 is 5.12. The number of carbonyl (C=O) groups excluding carboxylic acids is 2. The number of hydrogen-bond donors (Lipinski definition) is 3. The average molecular weight is 279 g/mol. The van der Waals surface area contributed by atoms with Gasteiger partial charge in [0.1, 0.15) is 5.75 Å². The van der Waals surface area contributed by atoms with Gasteiger partial charge < -0.3 is 21.5 Å². The number of ether oxygens (including phenoxy) is 1. The van der Waals surface area contributed by atoms with E-state index in [9.17, 15) is 9.59 Å². The molecular weight excluding hydrogens is 258 g/mol. The highest BCUT2D eigenvalue weighted by Crippen LogP contribution is 2.16. The van der Waals surface area contributed by atoms with Crippen LogP contribution in [0.4, 0.5) is 5.69 Å². The summed E-state index contributed by atoms with van der Waals surface area (Å²) in [7, 11) is 0. The monoisotopic (exact) mass is 279 g/mol. The topological polar surface area (TPSA) is 107 Å². The fraction of sp³-hybridized carbons (Fsp3) is 0.429. The molecule has 0 fully saturated rings. The van der Waals surface area contributed by atoms with E-state index in [4.69, 9.17) is 16.2 Å². The highest BCUT2D eigenvalue weighted by atomic mass is 16.5. The molecule has 0 heterocycles. The van der Waals surface area contributed by atoms with Crippen LogP contribution in [0.2, 0.25) is 0 Å². The van der Waals surface area contributed by atoms with E-state index in [2.05, 4.69) is 5.32 Å². The molecule has 6 nitrogen and oxygen atoms in total. The number of benzene rings is 1. The Kier molecular flexibility index (Phi) is 5.99. The number of hydrogen-bond acceptors (Lipinski definition) is 4. The zero-order valence-corrected chi connectivity index (χ0v) is 11.8. The Morgan fingerprint density at radius 3 is 2.35 bits per heavy atom. The lowest BCUT2D eigenvalue weighted by atomic mass is 10.0. The Bertz CT molecular complexity index is 457. The first kappa shape index (κ1) is 16.0. The summed E-state index contributed by atoms with van der Waals surface area (Å²) in [6.07, 6.45) is 0.275. The van der Waals surface area contributed by atoms with Crippen molar-refractivity contribution in [2.45, 2.75) is 26.3 Å². The zero-order chi connectivity index (χ0) is 15.1. The van der Waals surface area contributed by atoms with E-state index in [-0.39, 0.29) is 30.9 Å². The molecule has 0 aliphatic rings. The average Bonchev–Trinajstić information content (AvgIpc) is 2.37. The summed E-state index contributed by atoms with van der Waals surface area (Å²) in [5.41, 5.74) is 11.5. The molecule has 2 amide bonds.